The quantitative estimate of drug-likeness (QED) is 0.603. The molecule has 1 aromatic heterocycles. The second-order valence-electron chi connectivity index (χ2n) is 3.94. The number of hydrogen-bond donors (Lipinski definition) is 4. The van der Waals surface area contributed by atoms with Crippen LogP contribution in [0.15, 0.2) is 12.4 Å². The number of aromatic amines is 1. The first-order valence-electron chi connectivity index (χ1n) is 5.81. The SMILES string of the molecule is CCC(CC)(NC(=O)NCc1ncc[nH]1)C(=O)O. The summed E-state index contributed by atoms with van der Waals surface area (Å²) in [6, 6.07) is -0.516. The summed E-state index contributed by atoms with van der Waals surface area (Å²) in [4.78, 5) is 29.6. The summed E-state index contributed by atoms with van der Waals surface area (Å²) in [7, 11) is 0. The second-order valence-corrected chi connectivity index (χ2v) is 3.94. The zero-order valence-corrected chi connectivity index (χ0v) is 10.5. The lowest BCUT2D eigenvalue weighted by Crippen LogP contribution is -2.56. The van der Waals surface area contributed by atoms with Gasteiger partial charge in [0.2, 0.25) is 0 Å². The predicted octanol–water partition coefficient (Wildman–Crippen LogP) is 0.852. The third-order valence-corrected chi connectivity index (χ3v) is 2.94. The Labute approximate surface area is 105 Å². The van der Waals surface area contributed by atoms with Gasteiger partial charge in [0.05, 0.1) is 6.54 Å². The van der Waals surface area contributed by atoms with E-state index in [0.29, 0.717) is 18.7 Å². The van der Waals surface area contributed by atoms with Gasteiger partial charge in [-0.05, 0) is 12.8 Å². The highest BCUT2D eigenvalue weighted by Crippen LogP contribution is 2.15. The summed E-state index contributed by atoms with van der Waals surface area (Å²) >= 11 is 0. The van der Waals surface area contributed by atoms with Crippen LogP contribution in [0.2, 0.25) is 0 Å². The van der Waals surface area contributed by atoms with Crippen LogP contribution in [0, 0.1) is 0 Å². The Kier molecular flexibility index (Phi) is 4.70. The fourth-order valence-corrected chi connectivity index (χ4v) is 1.60. The molecule has 7 nitrogen and oxygen atoms in total. The van der Waals surface area contributed by atoms with Crippen molar-refractivity contribution in [3.8, 4) is 0 Å². The molecule has 1 heterocycles. The number of rotatable bonds is 6. The number of hydrogen-bond acceptors (Lipinski definition) is 3. The van der Waals surface area contributed by atoms with E-state index in [9.17, 15) is 9.59 Å². The van der Waals surface area contributed by atoms with Crippen molar-refractivity contribution >= 4 is 12.0 Å². The molecule has 0 bridgehead atoms. The Balaban J connectivity index is 2.54. The van der Waals surface area contributed by atoms with Gasteiger partial charge in [0.25, 0.3) is 0 Å². The Morgan fingerprint density at radius 1 is 1.44 bits per heavy atom. The molecule has 0 fully saturated rings. The van der Waals surface area contributed by atoms with Gasteiger partial charge in [0, 0.05) is 12.4 Å². The molecule has 100 valence electrons. The van der Waals surface area contributed by atoms with Crippen LogP contribution < -0.4 is 10.6 Å². The highest BCUT2D eigenvalue weighted by Gasteiger charge is 2.36. The van der Waals surface area contributed by atoms with Gasteiger partial charge in [0.15, 0.2) is 0 Å². The molecule has 7 heteroatoms. The number of urea groups is 1. The molecule has 0 spiro atoms. The summed E-state index contributed by atoms with van der Waals surface area (Å²) in [5.74, 6) is -0.417. The lowest BCUT2D eigenvalue weighted by Gasteiger charge is -2.27. The number of carboxylic acid groups (broad SMARTS) is 1. The number of aromatic nitrogens is 2. The van der Waals surface area contributed by atoms with Crippen LogP contribution in [0.5, 0.6) is 0 Å². The minimum absolute atomic E-state index is 0.224. The molecule has 0 aliphatic rings. The predicted molar refractivity (Wildman–Crippen MR) is 64.9 cm³/mol. The molecule has 18 heavy (non-hydrogen) atoms. The minimum atomic E-state index is -1.22. The third-order valence-electron chi connectivity index (χ3n) is 2.94. The highest BCUT2D eigenvalue weighted by atomic mass is 16.4. The van der Waals surface area contributed by atoms with Crippen LogP contribution in [0.25, 0.3) is 0 Å². The first kappa shape index (κ1) is 14.0. The average molecular weight is 254 g/mol. The summed E-state index contributed by atoms with van der Waals surface area (Å²) in [5, 5.41) is 14.2. The Bertz CT molecular complexity index is 398. The van der Waals surface area contributed by atoms with Gasteiger partial charge >= 0.3 is 12.0 Å². The van der Waals surface area contributed by atoms with Gasteiger partial charge in [-0.3, -0.25) is 0 Å². The number of H-pyrrole nitrogens is 1. The number of carboxylic acids is 1. The molecule has 0 unspecified atom stereocenters. The monoisotopic (exact) mass is 254 g/mol. The van der Waals surface area contributed by atoms with Crippen molar-refractivity contribution in [3.05, 3.63) is 18.2 Å². The van der Waals surface area contributed by atoms with Crippen LogP contribution in [-0.2, 0) is 11.3 Å². The van der Waals surface area contributed by atoms with Crippen LogP contribution in [0.4, 0.5) is 4.79 Å². The molecule has 0 radical (unpaired) electrons. The summed E-state index contributed by atoms with van der Waals surface area (Å²) in [5.41, 5.74) is -1.22. The minimum Gasteiger partial charge on any atom is -0.480 e. The molecule has 0 aromatic carbocycles. The Morgan fingerprint density at radius 3 is 2.56 bits per heavy atom. The van der Waals surface area contributed by atoms with Crippen molar-refractivity contribution in [1.82, 2.24) is 20.6 Å². The Hall–Kier alpha value is -2.05. The lowest BCUT2D eigenvalue weighted by atomic mass is 9.93. The zero-order chi connectivity index (χ0) is 13.6. The molecular formula is C11H18N4O3. The van der Waals surface area contributed by atoms with E-state index in [4.69, 9.17) is 5.11 Å². The van der Waals surface area contributed by atoms with E-state index < -0.39 is 17.5 Å². The highest BCUT2D eigenvalue weighted by molar-refractivity contribution is 5.86. The van der Waals surface area contributed by atoms with Gasteiger partial charge in [0.1, 0.15) is 11.4 Å². The van der Waals surface area contributed by atoms with E-state index in [1.165, 1.54) is 0 Å². The van der Waals surface area contributed by atoms with Crippen molar-refractivity contribution in [1.29, 1.82) is 0 Å². The van der Waals surface area contributed by atoms with E-state index >= 15 is 0 Å². The van der Waals surface area contributed by atoms with Crippen molar-refractivity contribution in [2.75, 3.05) is 0 Å². The lowest BCUT2D eigenvalue weighted by molar-refractivity contribution is -0.144. The van der Waals surface area contributed by atoms with Crippen molar-refractivity contribution in [2.45, 2.75) is 38.8 Å². The van der Waals surface area contributed by atoms with Gasteiger partial charge in [-0.15, -0.1) is 0 Å². The number of amides is 2. The van der Waals surface area contributed by atoms with Crippen LogP contribution in [-0.4, -0.2) is 32.6 Å². The van der Waals surface area contributed by atoms with Crippen molar-refractivity contribution < 1.29 is 14.7 Å². The van der Waals surface area contributed by atoms with Gasteiger partial charge in [-0.1, -0.05) is 13.8 Å². The molecule has 0 saturated heterocycles. The molecule has 0 aliphatic heterocycles. The first-order valence-corrected chi connectivity index (χ1v) is 5.81. The molecule has 0 atom stereocenters. The maximum atomic E-state index is 11.6. The fraction of sp³-hybridized carbons (Fsp3) is 0.545. The number of carbonyl (C=O) groups excluding carboxylic acids is 1. The maximum absolute atomic E-state index is 11.6. The van der Waals surface area contributed by atoms with Crippen LogP contribution in [0.1, 0.15) is 32.5 Å². The first-order chi connectivity index (χ1) is 8.54. The van der Waals surface area contributed by atoms with Crippen LogP contribution in [0.3, 0.4) is 0 Å². The smallest absolute Gasteiger partial charge is 0.329 e. The molecule has 1 rings (SSSR count). The molecule has 2 amide bonds. The fourth-order valence-electron chi connectivity index (χ4n) is 1.60. The van der Waals surface area contributed by atoms with Gasteiger partial charge in [-0.2, -0.15) is 0 Å². The van der Waals surface area contributed by atoms with E-state index in [2.05, 4.69) is 20.6 Å². The standard InChI is InChI=1S/C11H18N4O3/c1-3-11(4-2,9(16)17)15-10(18)14-7-8-12-5-6-13-8/h5-6H,3-4,7H2,1-2H3,(H,12,13)(H,16,17)(H2,14,15,18). The van der Waals surface area contributed by atoms with E-state index in [0.717, 1.165) is 0 Å². The second kappa shape index (κ2) is 6.04. The summed E-state index contributed by atoms with van der Waals surface area (Å²) in [6.45, 7) is 3.68. The average Bonchev–Trinajstić information content (AvgIpc) is 2.86. The number of aliphatic carboxylic acids is 1. The summed E-state index contributed by atoms with van der Waals surface area (Å²) in [6.07, 6.45) is 3.88. The molecule has 0 aliphatic carbocycles. The van der Waals surface area contributed by atoms with Crippen molar-refractivity contribution in [3.63, 3.8) is 0 Å². The largest absolute Gasteiger partial charge is 0.480 e. The maximum Gasteiger partial charge on any atom is 0.329 e. The normalized spacial score (nSPS) is 11.0. The van der Waals surface area contributed by atoms with E-state index in [1.807, 2.05) is 0 Å². The Morgan fingerprint density at radius 2 is 2.11 bits per heavy atom. The molecule has 1 aromatic rings. The van der Waals surface area contributed by atoms with Crippen molar-refractivity contribution in [2.24, 2.45) is 0 Å². The number of nitrogens with zero attached hydrogens (tertiary/aromatic N) is 1. The molecule has 4 N–H and O–H groups in total. The van der Waals surface area contributed by atoms with Crippen LogP contribution >= 0.6 is 0 Å². The number of carbonyl (C=O) groups is 2. The van der Waals surface area contributed by atoms with E-state index in [-0.39, 0.29) is 6.54 Å². The van der Waals surface area contributed by atoms with E-state index in [1.54, 1.807) is 26.2 Å². The zero-order valence-electron chi connectivity index (χ0n) is 10.5. The number of nitrogens with one attached hydrogen (secondary N) is 3. The topological polar surface area (TPSA) is 107 Å². The molecular weight excluding hydrogens is 236 g/mol. The molecule has 0 saturated carbocycles. The van der Waals surface area contributed by atoms with Gasteiger partial charge < -0.3 is 20.7 Å². The third kappa shape index (κ3) is 3.22. The number of imidazole rings is 1. The summed E-state index contributed by atoms with van der Waals surface area (Å²) < 4.78 is 0. The van der Waals surface area contributed by atoms with Gasteiger partial charge in [-0.25, -0.2) is 14.6 Å².